The first-order valence-electron chi connectivity index (χ1n) is 6.83. The van der Waals surface area contributed by atoms with E-state index in [4.69, 9.17) is 11.6 Å². The minimum absolute atomic E-state index is 0.0412. The lowest BCUT2D eigenvalue weighted by molar-refractivity contribution is -0.117. The molecule has 1 aromatic rings. The van der Waals surface area contributed by atoms with E-state index in [9.17, 15) is 4.79 Å². The molecule has 0 unspecified atom stereocenters. The fourth-order valence-corrected chi connectivity index (χ4v) is 2.74. The van der Waals surface area contributed by atoms with E-state index in [-0.39, 0.29) is 5.91 Å². The van der Waals surface area contributed by atoms with Crippen molar-refractivity contribution in [3.05, 3.63) is 28.8 Å². The Labute approximate surface area is 119 Å². The van der Waals surface area contributed by atoms with Gasteiger partial charge in [-0.05, 0) is 49.9 Å². The van der Waals surface area contributed by atoms with Gasteiger partial charge in [0.1, 0.15) is 0 Å². The second-order valence-electron chi connectivity index (χ2n) is 5.44. The fourth-order valence-electron chi connectivity index (χ4n) is 2.57. The van der Waals surface area contributed by atoms with E-state index in [0.717, 1.165) is 24.3 Å². The summed E-state index contributed by atoms with van der Waals surface area (Å²) in [5.74, 6) is 0.730. The molecule has 0 radical (unpaired) electrons. The topological polar surface area (TPSA) is 32.3 Å². The van der Waals surface area contributed by atoms with Crippen LogP contribution in [-0.4, -0.2) is 30.4 Å². The van der Waals surface area contributed by atoms with Gasteiger partial charge in [-0.1, -0.05) is 24.6 Å². The Morgan fingerprint density at radius 3 is 3.05 bits per heavy atom. The predicted molar refractivity (Wildman–Crippen MR) is 79.7 cm³/mol. The number of rotatable bonds is 3. The first kappa shape index (κ1) is 14.4. The van der Waals surface area contributed by atoms with Crippen LogP contribution in [0.25, 0.3) is 0 Å². The average Bonchev–Trinajstić information content (AvgIpc) is 2.35. The number of carbonyl (C=O) groups is 1. The number of hydrogen-bond acceptors (Lipinski definition) is 2. The highest BCUT2D eigenvalue weighted by Crippen LogP contribution is 2.23. The zero-order valence-corrected chi connectivity index (χ0v) is 12.3. The highest BCUT2D eigenvalue weighted by Gasteiger charge is 2.18. The van der Waals surface area contributed by atoms with Crippen LogP contribution < -0.4 is 5.32 Å². The average molecular weight is 281 g/mol. The molecule has 0 aliphatic carbocycles. The van der Waals surface area contributed by atoms with E-state index in [2.05, 4.69) is 17.1 Å². The predicted octanol–water partition coefficient (Wildman–Crippen LogP) is 3.32. The first-order valence-corrected chi connectivity index (χ1v) is 7.21. The summed E-state index contributed by atoms with van der Waals surface area (Å²) in [5, 5.41) is 3.63. The molecule has 19 heavy (non-hydrogen) atoms. The maximum absolute atomic E-state index is 12.1. The number of likely N-dealkylation sites (tertiary alicyclic amines) is 1. The van der Waals surface area contributed by atoms with Crippen molar-refractivity contribution >= 4 is 23.2 Å². The summed E-state index contributed by atoms with van der Waals surface area (Å²) in [4.78, 5) is 14.3. The standard InChI is InChI=1S/C15H21ClN2O/c1-11-5-4-8-18(9-11)10-15(19)17-14-7-3-6-13(16)12(14)2/h3,6-7,11H,4-5,8-10H2,1-2H3,(H,17,19)/t11-/m1/s1. The Morgan fingerprint density at radius 1 is 1.53 bits per heavy atom. The second kappa shape index (κ2) is 6.40. The maximum atomic E-state index is 12.1. The normalized spacial score (nSPS) is 20.3. The molecule has 0 aromatic heterocycles. The Hall–Kier alpha value is -1.06. The van der Waals surface area contributed by atoms with E-state index in [1.165, 1.54) is 12.8 Å². The number of piperidine rings is 1. The Balaban J connectivity index is 1.92. The minimum atomic E-state index is 0.0412. The molecule has 1 amide bonds. The van der Waals surface area contributed by atoms with Crippen LogP contribution in [0.2, 0.25) is 5.02 Å². The highest BCUT2D eigenvalue weighted by atomic mass is 35.5. The van der Waals surface area contributed by atoms with Gasteiger partial charge in [0.25, 0.3) is 0 Å². The summed E-state index contributed by atoms with van der Waals surface area (Å²) in [5.41, 5.74) is 1.73. The molecule has 2 rings (SSSR count). The number of benzene rings is 1. The summed E-state index contributed by atoms with van der Waals surface area (Å²) < 4.78 is 0. The molecule has 1 fully saturated rings. The third kappa shape index (κ3) is 3.95. The molecule has 0 spiro atoms. The monoisotopic (exact) mass is 280 g/mol. The van der Waals surface area contributed by atoms with Crippen molar-refractivity contribution in [1.82, 2.24) is 4.90 Å². The van der Waals surface area contributed by atoms with Gasteiger partial charge in [-0.3, -0.25) is 9.69 Å². The number of nitrogens with one attached hydrogen (secondary N) is 1. The number of hydrogen-bond donors (Lipinski definition) is 1. The summed E-state index contributed by atoms with van der Waals surface area (Å²) in [6.07, 6.45) is 2.45. The van der Waals surface area contributed by atoms with Gasteiger partial charge in [0.05, 0.1) is 6.54 Å². The van der Waals surface area contributed by atoms with E-state index in [1.54, 1.807) is 0 Å². The quantitative estimate of drug-likeness (QED) is 0.921. The Bertz CT molecular complexity index is 461. The van der Waals surface area contributed by atoms with Crippen molar-refractivity contribution in [1.29, 1.82) is 0 Å². The minimum Gasteiger partial charge on any atom is -0.325 e. The zero-order valence-electron chi connectivity index (χ0n) is 11.6. The number of nitrogens with zero attached hydrogens (tertiary/aromatic N) is 1. The molecular weight excluding hydrogens is 260 g/mol. The van der Waals surface area contributed by atoms with E-state index in [0.29, 0.717) is 17.5 Å². The van der Waals surface area contributed by atoms with E-state index < -0.39 is 0 Å². The lowest BCUT2D eigenvalue weighted by atomic mass is 10.0. The summed E-state index contributed by atoms with van der Waals surface area (Å²) in [7, 11) is 0. The SMILES string of the molecule is Cc1c(Cl)cccc1NC(=O)CN1CCC[C@@H](C)C1. The van der Waals surface area contributed by atoms with Crippen molar-refractivity contribution in [2.45, 2.75) is 26.7 Å². The van der Waals surface area contributed by atoms with Crippen molar-refractivity contribution in [2.24, 2.45) is 5.92 Å². The molecule has 0 bridgehead atoms. The Kier molecular flexibility index (Phi) is 4.83. The molecule has 1 aliphatic rings. The summed E-state index contributed by atoms with van der Waals surface area (Å²) in [6, 6.07) is 5.57. The number of amides is 1. The van der Waals surface area contributed by atoms with Crippen molar-refractivity contribution in [2.75, 3.05) is 25.0 Å². The van der Waals surface area contributed by atoms with Gasteiger partial charge in [0.15, 0.2) is 0 Å². The zero-order chi connectivity index (χ0) is 13.8. The van der Waals surface area contributed by atoms with Gasteiger partial charge in [0.2, 0.25) is 5.91 Å². The van der Waals surface area contributed by atoms with Crippen LogP contribution in [0, 0.1) is 12.8 Å². The molecular formula is C15H21ClN2O. The van der Waals surface area contributed by atoms with Crippen LogP contribution in [0.1, 0.15) is 25.3 Å². The Morgan fingerprint density at radius 2 is 2.32 bits per heavy atom. The van der Waals surface area contributed by atoms with Gasteiger partial charge in [-0.25, -0.2) is 0 Å². The van der Waals surface area contributed by atoms with Gasteiger partial charge < -0.3 is 5.32 Å². The fraction of sp³-hybridized carbons (Fsp3) is 0.533. The summed E-state index contributed by atoms with van der Waals surface area (Å²) >= 11 is 6.05. The van der Waals surface area contributed by atoms with Crippen molar-refractivity contribution in [3.8, 4) is 0 Å². The molecule has 1 heterocycles. The summed E-state index contributed by atoms with van der Waals surface area (Å²) in [6.45, 7) is 6.66. The van der Waals surface area contributed by atoms with Crippen molar-refractivity contribution < 1.29 is 4.79 Å². The molecule has 1 aromatic carbocycles. The van der Waals surface area contributed by atoms with Crippen LogP contribution in [0.5, 0.6) is 0 Å². The molecule has 1 saturated heterocycles. The van der Waals surface area contributed by atoms with E-state index in [1.807, 2.05) is 25.1 Å². The van der Waals surface area contributed by atoms with Crippen LogP contribution in [0.3, 0.4) is 0 Å². The molecule has 1 atom stereocenters. The molecule has 0 saturated carbocycles. The maximum Gasteiger partial charge on any atom is 0.238 e. The van der Waals surface area contributed by atoms with E-state index >= 15 is 0 Å². The lowest BCUT2D eigenvalue weighted by Gasteiger charge is -2.30. The van der Waals surface area contributed by atoms with Gasteiger partial charge in [0, 0.05) is 17.3 Å². The van der Waals surface area contributed by atoms with Gasteiger partial charge in [-0.15, -0.1) is 0 Å². The van der Waals surface area contributed by atoms with Crippen LogP contribution >= 0.6 is 11.6 Å². The number of carbonyl (C=O) groups excluding carboxylic acids is 1. The first-order chi connectivity index (χ1) is 9.06. The van der Waals surface area contributed by atoms with Crippen LogP contribution in [0.4, 0.5) is 5.69 Å². The molecule has 4 heteroatoms. The largest absolute Gasteiger partial charge is 0.325 e. The molecule has 3 nitrogen and oxygen atoms in total. The van der Waals surface area contributed by atoms with Crippen LogP contribution in [0.15, 0.2) is 18.2 Å². The third-order valence-electron chi connectivity index (χ3n) is 3.65. The van der Waals surface area contributed by atoms with Crippen molar-refractivity contribution in [3.63, 3.8) is 0 Å². The lowest BCUT2D eigenvalue weighted by Crippen LogP contribution is -2.39. The number of halogens is 1. The number of anilines is 1. The van der Waals surface area contributed by atoms with Gasteiger partial charge in [-0.2, -0.15) is 0 Å². The molecule has 1 aliphatic heterocycles. The molecule has 104 valence electrons. The van der Waals surface area contributed by atoms with Crippen LogP contribution in [-0.2, 0) is 4.79 Å². The van der Waals surface area contributed by atoms with Gasteiger partial charge >= 0.3 is 0 Å². The second-order valence-corrected chi connectivity index (χ2v) is 5.85. The third-order valence-corrected chi connectivity index (χ3v) is 4.06. The molecule has 1 N–H and O–H groups in total. The highest BCUT2D eigenvalue weighted by molar-refractivity contribution is 6.31. The smallest absolute Gasteiger partial charge is 0.238 e.